The van der Waals surface area contributed by atoms with Gasteiger partial charge >= 0.3 is 0 Å². The van der Waals surface area contributed by atoms with Crippen molar-refractivity contribution < 1.29 is 9.60 Å². The molecule has 0 fully saturated rings. The summed E-state index contributed by atoms with van der Waals surface area (Å²) in [5.74, 6) is -0.710. The highest BCUT2D eigenvalue weighted by Gasteiger charge is 2.11. The minimum absolute atomic E-state index is 0.100. The van der Waals surface area contributed by atoms with E-state index in [1.807, 2.05) is 0 Å². The van der Waals surface area contributed by atoms with E-state index in [0.29, 0.717) is 10.0 Å². The first-order valence-corrected chi connectivity index (χ1v) is 4.29. The molecule has 3 N–H and O–H groups in total. The van der Waals surface area contributed by atoms with Crippen molar-refractivity contribution in [3.63, 3.8) is 0 Å². The largest absolute Gasteiger partial charge is 0.409 e. The molecule has 0 amide bonds. The van der Waals surface area contributed by atoms with E-state index >= 15 is 0 Å². The number of nitrogens with two attached hydrogens (primary N) is 1. The predicted molar refractivity (Wildman–Crippen MR) is 51.3 cm³/mol. The van der Waals surface area contributed by atoms with E-state index in [9.17, 15) is 4.39 Å². The molecule has 0 heterocycles. The lowest BCUT2D eigenvalue weighted by Crippen LogP contribution is -2.15. The number of rotatable bonds is 1. The fourth-order valence-electron chi connectivity index (χ4n) is 0.913. The Morgan fingerprint density at radius 1 is 1.62 bits per heavy atom. The Labute approximate surface area is 83.2 Å². The van der Waals surface area contributed by atoms with Crippen LogP contribution in [0, 0.1) is 12.7 Å². The summed E-state index contributed by atoms with van der Waals surface area (Å²) in [4.78, 5) is 0. The van der Waals surface area contributed by atoms with Crippen molar-refractivity contribution in [1.29, 1.82) is 0 Å². The van der Waals surface area contributed by atoms with E-state index < -0.39 is 5.82 Å². The molecule has 13 heavy (non-hydrogen) atoms. The SMILES string of the molecule is Cc1c(Br)ccc(C(N)=NO)c1F. The first-order valence-electron chi connectivity index (χ1n) is 3.50. The number of amidine groups is 1. The van der Waals surface area contributed by atoms with Crippen LogP contribution in [0.15, 0.2) is 21.8 Å². The lowest BCUT2D eigenvalue weighted by molar-refractivity contribution is 0.318. The molecule has 0 unspecified atom stereocenters. The summed E-state index contributed by atoms with van der Waals surface area (Å²) in [5, 5.41) is 11.1. The average molecular weight is 247 g/mol. The molecular formula is C8H8BrFN2O. The number of oxime groups is 1. The summed E-state index contributed by atoms with van der Waals surface area (Å²) >= 11 is 3.17. The molecule has 0 atom stereocenters. The normalized spacial score (nSPS) is 11.8. The van der Waals surface area contributed by atoms with Gasteiger partial charge in [0.2, 0.25) is 0 Å². The van der Waals surface area contributed by atoms with Gasteiger partial charge < -0.3 is 10.9 Å². The maximum atomic E-state index is 13.4. The van der Waals surface area contributed by atoms with Crippen LogP contribution in [0.3, 0.4) is 0 Å². The molecule has 0 aliphatic carbocycles. The van der Waals surface area contributed by atoms with Crippen LogP contribution in [0.4, 0.5) is 4.39 Å². The van der Waals surface area contributed by atoms with Crippen LogP contribution >= 0.6 is 15.9 Å². The van der Waals surface area contributed by atoms with Gasteiger partial charge in [0.15, 0.2) is 5.84 Å². The van der Waals surface area contributed by atoms with Crippen LogP contribution in [0.2, 0.25) is 0 Å². The maximum Gasteiger partial charge on any atom is 0.173 e. The van der Waals surface area contributed by atoms with Gasteiger partial charge in [-0.3, -0.25) is 0 Å². The fraction of sp³-hybridized carbons (Fsp3) is 0.125. The first-order chi connectivity index (χ1) is 6.07. The van der Waals surface area contributed by atoms with Crippen LogP contribution in [0.1, 0.15) is 11.1 Å². The quantitative estimate of drug-likeness (QED) is 0.345. The summed E-state index contributed by atoms with van der Waals surface area (Å²) in [6.07, 6.45) is 0. The summed E-state index contributed by atoms with van der Waals surface area (Å²) in [5.41, 5.74) is 5.79. The Hall–Kier alpha value is -1.10. The Kier molecular flexibility index (Phi) is 2.87. The zero-order valence-electron chi connectivity index (χ0n) is 6.88. The number of hydrogen-bond acceptors (Lipinski definition) is 2. The minimum atomic E-state index is -0.482. The van der Waals surface area contributed by atoms with Gasteiger partial charge in [-0.2, -0.15) is 0 Å². The van der Waals surface area contributed by atoms with Crippen molar-refractivity contribution in [2.45, 2.75) is 6.92 Å². The highest BCUT2D eigenvalue weighted by molar-refractivity contribution is 9.10. The molecule has 1 aromatic rings. The first kappa shape index (κ1) is 9.98. The van der Waals surface area contributed by atoms with Crippen molar-refractivity contribution in [2.24, 2.45) is 10.9 Å². The molecule has 0 radical (unpaired) electrons. The molecule has 0 aliphatic rings. The molecule has 1 aromatic carbocycles. The molecule has 0 saturated heterocycles. The van der Waals surface area contributed by atoms with Gasteiger partial charge in [0.1, 0.15) is 5.82 Å². The standard InChI is InChI=1S/C8H8BrFN2O/c1-4-6(9)3-2-5(7(4)10)8(11)12-13/h2-3,13H,1H3,(H2,11,12). The number of benzene rings is 1. The van der Waals surface area contributed by atoms with Gasteiger partial charge in [-0.15, -0.1) is 0 Å². The number of nitrogens with zero attached hydrogens (tertiary/aromatic N) is 1. The molecule has 3 nitrogen and oxygen atoms in total. The Bertz CT molecular complexity index is 365. The third kappa shape index (κ3) is 1.80. The highest BCUT2D eigenvalue weighted by Crippen LogP contribution is 2.21. The third-order valence-electron chi connectivity index (χ3n) is 1.70. The van der Waals surface area contributed by atoms with Crippen LogP contribution < -0.4 is 5.73 Å². The second-order valence-electron chi connectivity index (χ2n) is 2.52. The molecule has 0 bridgehead atoms. The van der Waals surface area contributed by atoms with E-state index in [2.05, 4.69) is 21.1 Å². The van der Waals surface area contributed by atoms with Crippen LogP contribution in [0.25, 0.3) is 0 Å². The van der Waals surface area contributed by atoms with E-state index in [0.717, 1.165) is 0 Å². The average Bonchev–Trinajstić information content (AvgIpc) is 2.13. The van der Waals surface area contributed by atoms with Crippen LogP contribution in [0.5, 0.6) is 0 Å². The Morgan fingerprint density at radius 2 is 2.23 bits per heavy atom. The lowest BCUT2D eigenvalue weighted by Gasteiger charge is -2.04. The van der Waals surface area contributed by atoms with Crippen molar-refractivity contribution in [1.82, 2.24) is 0 Å². The molecule has 1 rings (SSSR count). The van der Waals surface area contributed by atoms with Crippen molar-refractivity contribution in [2.75, 3.05) is 0 Å². The lowest BCUT2D eigenvalue weighted by atomic mass is 10.1. The summed E-state index contributed by atoms with van der Waals surface area (Å²) < 4.78 is 14.1. The van der Waals surface area contributed by atoms with Crippen molar-refractivity contribution in [3.8, 4) is 0 Å². The number of hydrogen-bond donors (Lipinski definition) is 2. The van der Waals surface area contributed by atoms with E-state index in [1.165, 1.54) is 6.07 Å². The Morgan fingerprint density at radius 3 is 2.77 bits per heavy atom. The van der Waals surface area contributed by atoms with Gasteiger partial charge in [-0.25, -0.2) is 4.39 Å². The number of halogens is 2. The zero-order valence-corrected chi connectivity index (χ0v) is 8.47. The van der Waals surface area contributed by atoms with Crippen molar-refractivity contribution in [3.05, 3.63) is 33.5 Å². The zero-order chi connectivity index (χ0) is 10.0. The highest BCUT2D eigenvalue weighted by atomic mass is 79.9. The fourth-order valence-corrected chi connectivity index (χ4v) is 1.22. The molecular weight excluding hydrogens is 239 g/mol. The third-order valence-corrected chi connectivity index (χ3v) is 2.56. The van der Waals surface area contributed by atoms with Gasteiger partial charge in [0.05, 0.1) is 5.56 Å². The molecule has 0 aliphatic heterocycles. The van der Waals surface area contributed by atoms with Crippen LogP contribution in [-0.4, -0.2) is 11.0 Å². The minimum Gasteiger partial charge on any atom is -0.409 e. The predicted octanol–water partition coefficient (Wildman–Crippen LogP) is 1.99. The molecule has 0 spiro atoms. The molecule has 0 saturated carbocycles. The summed E-state index contributed by atoms with van der Waals surface area (Å²) in [7, 11) is 0. The van der Waals surface area contributed by atoms with E-state index in [1.54, 1.807) is 13.0 Å². The van der Waals surface area contributed by atoms with Gasteiger partial charge in [-0.05, 0) is 24.6 Å². The van der Waals surface area contributed by atoms with Gasteiger partial charge in [0.25, 0.3) is 0 Å². The molecule has 0 aromatic heterocycles. The second kappa shape index (κ2) is 3.74. The Balaban J connectivity index is 3.34. The molecule has 5 heteroatoms. The summed E-state index contributed by atoms with van der Waals surface area (Å²) in [6.45, 7) is 1.60. The monoisotopic (exact) mass is 246 g/mol. The smallest absolute Gasteiger partial charge is 0.173 e. The van der Waals surface area contributed by atoms with E-state index in [-0.39, 0.29) is 11.4 Å². The van der Waals surface area contributed by atoms with Crippen LogP contribution in [-0.2, 0) is 0 Å². The van der Waals surface area contributed by atoms with Gasteiger partial charge in [-0.1, -0.05) is 21.1 Å². The van der Waals surface area contributed by atoms with E-state index in [4.69, 9.17) is 10.9 Å². The topological polar surface area (TPSA) is 58.6 Å². The maximum absolute atomic E-state index is 13.4. The second-order valence-corrected chi connectivity index (χ2v) is 3.37. The molecule has 70 valence electrons. The summed E-state index contributed by atoms with van der Waals surface area (Å²) in [6, 6.07) is 3.09. The van der Waals surface area contributed by atoms with Gasteiger partial charge in [0, 0.05) is 4.47 Å². The van der Waals surface area contributed by atoms with Crippen molar-refractivity contribution >= 4 is 21.8 Å².